The number of nitrogens with one attached hydrogen (secondary N) is 2. The number of rotatable bonds is 4. The number of hydrogen-bond donors (Lipinski definition) is 3. The van der Waals surface area contributed by atoms with Crippen LogP contribution in [0.2, 0.25) is 0 Å². The van der Waals surface area contributed by atoms with Crippen molar-refractivity contribution in [1.29, 1.82) is 10.8 Å². The van der Waals surface area contributed by atoms with Crippen molar-refractivity contribution in [2.24, 2.45) is 0 Å². The summed E-state index contributed by atoms with van der Waals surface area (Å²) in [6.07, 6.45) is -1.97. The first-order valence-corrected chi connectivity index (χ1v) is 4.86. The summed E-state index contributed by atoms with van der Waals surface area (Å²) in [7, 11) is 0. The molecule has 1 atom stereocenters. The molecule has 0 radical (unpaired) electrons. The van der Waals surface area contributed by atoms with Gasteiger partial charge in [0.05, 0.1) is 12.4 Å². The van der Waals surface area contributed by atoms with E-state index in [1.54, 1.807) is 6.07 Å². The summed E-state index contributed by atoms with van der Waals surface area (Å²) >= 11 is 0. The normalized spacial score (nSPS) is 12.2. The second-order valence-electron chi connectivity index (χ2n) is 3.41. The molecule has 0 aromatic carbocycles. The Morgan fingerprint density at radius 1 is 1.53 bits per heavy atom. The van der Waals surface area contributed by atoms with E-state index in [4.69, 9.17) is 16.6 Å². The van der Waals surface area contributed by atoms with Crippen LogP contribution in [0.25, 0.3) is 0 Å². The molecule has 4 N–H and O–H groups in total. The maximum atomic E-state index is 12.5. The third-order valence-electron chi connectivity index (χ3n) is 2.21. The lowest BCUT2D eigenvalue weighted by molar-refractivity contribution is 0.0883. The number of pyridine rings is 1. The molecule has 5 nitrogen and oxygen atoms in total. The first-order valence-electron chi connectivity index (χ1n) is 4.86. The highest BCUT2D eigenvalue weighted by Crippen LogP contribution is 2.11. The molecule has 0 fully saturated rings. The van der Waals surface area contributed by atoms with Gasteiger partial charge in [0.1, 0.15) is 11.5 Å². The minimum Gasteiger partial charge on any atom is -0.384 e. The van der Waals surface area contributed by atoms with E-state index in [2.05, 4.69) is 4.98 Å². The molecule has 0 amide bonds. The zero-order valence-corrected chi connectivity index (χ0v) is 9.19. The molecule has 0 saturated carbocycles. The van der Waals surface area contributed by atoms with E-state index in [0.717, 1.165) is 4.90 Å². The predicted octanol–water partition coefficient (Wildman–Crippen LogP) is 1.55. The van der Waals surface area contributed by atoms with Crippen molar-refractivity contribution in [1.82, 2.24) is 9.88 Å². The molecule has 0 saturated heterocycles. The summed E-state index contributed by atoms with van der Waals surface area (Å²) < 4.78 is 25.1. The van der Waals surface area contributed by atoms with Gasteiger partial charge in [-0.25, -0.2) is 13.8 Å². The van der Waals surface area contributed by atoms with Gasteiger partial charge in [0.25, 0.3) is 6.43 Å². The number of anilines is 1. The molecule has 1 aromatic heterocycles. The average molecular weight is 241 g/mol. The van der Waals surface area contributed by atoms with Gasteiger partial charge in [-0.1, -0.05) is 6.07 Å². The molecule has 0 bridgehead atoms. The second kappa shape index (κ2) is 5.33. The van der Waals surface area contributed by atoms with E-state index in [1.807, 2.05) is 0 Å². The zero-order valence-electron chi connectivity index (χ0n) is 9.19. The van der Waals surface area contributed by atoms with Gasteiger partial charge < -0.3 is 10.6 Å². The van der Waals surface area contributed by atoms with Crippen molar-refractivity contribution < 1.29 is 8.78 Å². The van der Waals surface area contributed by atoms with Crippen LogP contribution in [0, 0.1) is 10.8 Å². The average Bonchev–Trinajstić information content (AvgIpc) is 2.29. The van der Waals surface area contributed by atoms with E-state index >= 15 is 0 Å². The Morgan fingerprint density at radius 3 is 2.65 bits per heavy atom. The van der Waals surface area contributed by atoms with Crippen molar-refractivity contribution in [3.63, 3.8) is 0 Å². The largest absolute Gasteiger partial charge is 0.384 e. The standard InChI is InChI=1S/C10H13F2N5/c1-6(9(11)12)17(5-13)10(15)7-3-2-4-8(14)16-7/h2-6,9,13,15H,1H3,(H2,14,16). The maximum Gasteiger partial charge on any atom is 0.258 e. The number of nitrogen functional groups attached to an aromatic ring is 1. The Balaban J connectivity index is 2.98. The van der Waals surface area contributed by atoms with Crippen molar-refractivity contribution in [3.05, 3.63) is 23.9 Å². The van der Waals surface area contributed by atoms with Crippen LogP contribution >= 0.6 is 0 Å². The van der Waals surface area contributed by atoms with Gasteiger partial charge in [-0.3, -0.25) is 10.8 Å². The topological polar surface area (TPSA) is 89.9 Å². The lowest BCUT2D eigenvalue weighted by Gasteiger charge is -2.25. The highest BCUT2D eigenvalue weighted by Gasteiger charge is 2.25. The molecule has 7 heteroatoms. The van der Waals surface area contributed by atoms with Crippen LogP contribution in [0.15, 0.2) is 18.2 Å². The molecule has 1 rings (SSSR count). The van der Waals surface area contributed by atoms with Crippen LogP contribution in [-0.2, 0) is 0 Å². The third kappa shape index (κ3) is 2.96. The van der Waals surface area contributed by atoms with Crippen LogP contribution in [0.4, 0.5) is 14.6 Å². The Kier molecular flexibility index (Phi) is 4.08. The number of hydrogen-bond acceptors (Lipinski definition) is 4. The molecule has 0 aliphatic carbocycles. The van der Waals surface area contributed by atoms with Gasteiger partial charge in [-0.05, 0) is 19.1 Å². The first kappa shape index (κ1) is 13.0. The van der Waals surface area contributed by atoms with Crippen molar-refractivity contribution in [2.75, 3.05) is 5.73 Å². The summed E-state index contributed by atoms with van der Waals surface area (Å²) in [5.74, 6) is -0.0815. The van der Waals surface area contributed by atoms with Gasteiger partial charge in [0.2, 0.25) is 0 Å². The Morgan fingerprint density at radius 2 is 2.18 bits per heavy atom. The van der Waals surface area contributed by atoms with Crippen LogP contribution in [-0.4, -0.2) is 34.5 Å². The molecular weight excluding hydrogens is 228 g/mol. The van der Waals surface area contributed by atoms with Gasteiger partial charge >= 0.3 is 0 Å². The fourth-order valence-electron chi connectivity index (χ4n) is 1.22. The number of alkyl halides is 2. The quantitative estimate of drug-likeness (QED) is 0.551. The minimum absolute atomic E-state index is 0.154. The lowest BCUT2D eigenvalue weighted by atomic mass is 10.2. The second-order valence-corrected chi connectivity index (χ2v) is 3.41. The van der Waals surface area contributed by atoms with Gasteiger partial charge in [0.15, 0.2) is 5.84 Å². The molecule has 1 heterocycles. The smallest absolute Gasteiger partial charge is 0.258 e. The first-order chi connectivity index (χ1) is 7.97. The molecule has 0 spiro atoms. The zero-order chi connectivity index (χ0) is 13.0. The van der Waals surface area contributed by atoms with Crippen LogP contribution in [0.3, 0.4) is 0 Å². The molecular formula is C10H13F2N5. The molecule has 0 aliphatic rings. The molecule has 1 unspecified atom stereocenters. The fraction of sp³-hybridized carbons (Fsp3) is 0.300. The van der Waals surface area contributed by atoms with Gasteiger partial charge in [-0.2, -0.15) is 0 Å². The van der Waals surface area contributed by atoms with Crippen LogP contribution < -0.4 is 5.73 Å². The SMILES string of the molecule is CC(C(F)F)N(C=N)C(=N)c1cccc(N)n1. The number of aromatic nitrogens is 1. The number of amidine groups is 1. The Bertz CT molecular complexity index is 421. The number of halogens is 2. The van der Waals surface area contributed by atoms with Crippen LogP contribution in [0.1, 0.15) is 12.6 Å². The molecule has 0 aliphatic heterocycles. The molecule has 92 valence electrons. The van der Waals surface area contributed by atoms with Gasteiger partial charge in [-0.15, -0.1) is 0 Å². The monoisotopic (exact) mass is 241 g/mol. The summed E-state index contributed by atoms with van der Waals surface area (Å²) in [6.45, 7) is 1.23. The highest BCUT2D eigenvalue weighted by molar-refractivity contribution is 6.01. The number of nitrogens with zero attached hydrogens (tertiary/aromatic N) is 2. The predicted molar refractivity (Wildman–Crippen MR) is 61.6 cm³/mol. The van der Waals surface area contributed by atoms with E-state index in [-0.39, 0.29) is 17.3 Å². The van der Waals surface area contributed by atoms with Gasteiger partial charge in [0, 0.05) is 0 Å². The Labute approximate surface area is 97.3 Å². The third-order valence-corrected chi connectivity index (χ3v) is 2.21. The van der Waals surface area contributed by atoms with E-state index in [1.165, 1.54) is 19.1 Å². The highest BCUT2D eigenvalue weighted by atomic mass is 19.3. The molecule has 1 aromatic rings. The molecule has 17 heavy (non-hydrogen) atoms. The summed E-state index contributed by atoms with van der Waals surface area (Å²) in [6, 6.07) is 3.32. The lowest BCUT2D eigenvalue weighted by Crippen LogP contribution is -2.41. The van der Waals surface area contributed by atoms with Crippen molar-refractivity contribution >= 4 is 18.0 Å². The number of nitrogens with two attached hydrogens (primary N) is 1. The summed E-state index contributed by atoms with van der Waals surface area (Å²) in [4.78, 5) is 4.69. The van der Waals surface area contributed by atoms with E-state index < -0.39 is 12.5 Å². The van der Waals surface area contributed by atoms with Crippen molar-refractivity contribution in [3.8, 4) is 0 Å². The minimum atomic E-state index is -2.65. The van der Waals surface area contributed by atoms with E-state index in [9.17, 15) is 8.78 Å². The fourth-order valence-corrected chi connectivity index (χ4v) is 1.22. The maximum absolute atomic E-state index is 12.5. The summed E-state index contributed by atoms with van der Waals surface area (Å²) in [5.41, 5.74) is 5.60. The van der Waals surface area contributed by atoms with Crippen molar-refractivity contribution in [2.45, 2.75) is 19.4 Å². The van der Waals surface area contributed by atoms with Crippen LogP contribution in [0.5, 0.6) is 0 Å². The van der Waals surface area contributed by atoms with E-state index in [0.29, 0.717) is 6.34 Å². The Hall–Kier alpha value is -2.05. The summed E-state index contributed by atoms with van der Waals surface area (Å²) in [5, 5.41) is 14.8.